The molecule has 0 heterocycles. The number of oxime groups is 1. The standard InChI is InChI=1S/C6H13NO2S/c1-10(9)6-4-2-3-5-7-8/h5,8H,2-4,6H2,1H3/b7-5+/i1D3,4+1,6D2. The minimum atomic E-state index is -2.80. The van der Waals surface area contributed by atoms with E-state index in [2.05, 4.69) is 5.16 Å². The van der Waals surface area contributed by atoms with Crippen LogP contribution in [0.4, 0.5) is 0 Å². The first kappa shape index (κ1) is 3.85. The van der Waals surface area contributed by atoms with Crippen molar-refractivity contribution in [2.24, 2.45) is 5.16 Å². The molecule has 0 bridgehead atoms. The summed E-state index contributed by atoms with van der Waals surface area (Å²) >= 11 is 0. The molecule has 4 heteroatoms. The van der Waals surface area contributed by atoms with E-state index in [1.807, 2.05) is 0 Å². The lowest BCUT2D eigenvalue weighted by Gasteiger charge is -1.92. The average molecular weight is 169 g/mol. The molecule has 0 aromatic heterocycles. The molecular weight excluding hydrogens is 151 g/mol. The van der Waals surface area contributed by atoms with Crippen LogP contribution >= 0.6 is 0 Å². The van der Waals surface area contributed by atoms with Gasteiger partial charge in [0.15, 0.2) is 0 Å². The van der Waals surface area contributed by atoms with Gasteiger partial charge < -0.3 is 5.21 Å². The Kier molecular flexibility index (Phi) is 2.60. The molecule has 0 amide bonds. The monoisotopic (exact) mass is 169 g/mol. The van der Waals surface area contributed by atoms with Crippen LogP contribution in [0.25, 0.3) is 0 Å². The molecule has 10 heavy (non-hydrogen) atoms. The van der Waals surface area contributed by atoms with Gasteiger partial charge in [0.1, 0.15) is 0 Å². The Morgan fingerprint density at radius 2 is 2.70 bits per heavy atom. The molecule has 1 atom stereocenters. The maximum atomic E-state index is 11.2. The molecule has 1 unspecified atom stereocenters. The average Bonchev–Trinajstić information content (AvgIpc) is 2.10. The van der Waals surface area contributed by atoms with Crippen molar-refractivity contribution in [2.45, 2.75) is 19.3 Å². The molecule has 0 rings (SSSR count). The minimum Gasteiger partial charge on any atom is -0.411 e. The molecule has 3 nitrogen and oxygen atoms in total. The van der Waals surface area contributed by atoms with Crippen molar-refractivity contribution in [1.29, 1.82) is 0 Å². The largest absolute Gasteiger partial charge is 0.411 e. The Morgan fingerprint density at radius 3 is 3.30 bits per heavy atom. The topological polar surface area (TPSA) is 49.7 Å². The zero-order chi connectivity index (χ0) is 12.1. The molecular formula is C6H13NO2S. The van der Waals surface area contributed by atoms with Crippen LogP contribution in [0.1, 0.15) is 26.1 Å². The summed E-state index contributed by atoms with van der Waals surface area (Å²) < 4.78 is 46.4. The summed E-state index contributed by atoms with van der Waals surface area (Å²) in [6, 6.07) is 0. The molecule has 60 valence electrons. The summed E-state index contributed by atoms with van der Waals surface area (Å²) in [5.41, 5.74) is -2.24. The Morgan fingerprint density at radius 1 is 1.90 bits per heavy atom. The smallest absolute Gasteiger partial charge is 0.0435 e. The van der Waals surface area contributed by atoms with E-state index in [0.717, 1.165) is 0 Å². The summed E-state index contributed by atoms with van der Waals surface area (Å²) in [4.78, 5) is 0. The Bertz CT molecular complexity index is 252. The zero-order valence-corrected chi connectivity index (χ0v) is 6.23. The third-order valence-corrected chi connectivity index (χ3v) is 1.29. The van der Waals surface area contributed by atoms with Crippen LogP contribution in [0.3, 0.4) is 0 Å². The van der Waals surface area contributed by atoms with Gasteiger partial charge in [-0.3, -0.25) is 4.21 Å². The highest BCUT2D eigenvalue weighted by molar-refractivity contribution is 7.84. The lowest BCUT2D eigenvalue weighted by atomic mass is 10.4. The normalized spacial score (nSPS) is 24.2. The highest BCUT2D eigenvalue weighted by Crippen LogP contribution is 1.93. The molecule has 0 radical (unpaired) electrons. The van der Waals surface area contributed by atoms with Crippen molar-refractivity contribution in [3.63, 3.8) is 0 Å². The lowest BCUT2D eigenvalue weighted by molar-refractivity contribution is 0.320. The van der Waals surface area contributed by atoms with Gasteiger partial charge in [-0.2, -0.15) is 0 Å². The highest BCUT2D eigenvalue weighted by Gasteiger charge is 1.89. The summed E-state index contributed by atoms with van der Waals surface area (Å²) in [6.07, 6.45) is -1.18. The van der Waals surface area contributed by atoms with Crippen molar-refractivity contribution in [1.82, 2.24) is 0 Å². The third-order valence-electron chi connectivity index (χ3n) is 0.825. The summed E-state index contributed by atoms with van der Waals surface area (Å²) in [5, 5.41) is 10.8. The van der Waals surface area contributed by atoms with Crippen LogP contribution in [-0.4, -0.2) is 27.5 Å². The van der Waals surface area contributed by atoms with Gasteiger partial charge in [-0.1, -0.05) is 0 Å². The summed E-state index contributed by atoms with van der Waals surface area (Å²) in [7, 11) is -2.53. The first-order chi connectivity index (χ1) is 6.72. The van der Waals surface area contributed by atoms with Crippen molar-refractivity contribution < 1.29 is 16.3 Å². The Hall–Kier alpha value is -0.380. The van der Waals surface area contributed by atoms with E-state index in [1.165, 1.54) is 6.21 Å². The number of hydrogen-bond acceptors (Lipinski definition) is 3. The number of rotatable bonds is 5. The van der Waals surface area contributed by atoms with Crippen molar-refractivity contribution >= 4 is 17.0 Å². The van der Waals surface area contributed by atoms with E-state index < -0.39 is 22.7 Å². The fourth-order valence-electron chi connectivity index (χ4n) is 0.416. The van der Waals surface area contributed by atoms with Crippen LogP contribution in [0, 0.1) is 0 Å². The molecule has 0 aliphatic heterocycles. The molecule has 0 aromatic carbocycles. The van der Waals surface area contributed by atoms with E-state index in [9.17, 15) is 4.21 Å². The SMILES string of the molecule is [2H]C([2H])([2H])S(=O)C([2H])([2H])[13CH2]CC/C=N/O. The van der Waals surface area contributed by atoms with Crippen LogP contribution in [-0.2, 0) is 10.8 Å². The first-order valence-corrected chi connectivity index (χ1v) is 3.94. The third kappa shape index (κ3) is 7.62. The summed E-state index contributed by atoms with van der Waals surface area (Å²) in [5.74, 6) is 0. The molecule has 1 N–H and O–H groups in total. The molecule has 0 saturated carbocycles. The first-order valence-electron chi connectivity index (χ1n) is 5.29. The van der Waals surface area contributed by atoms with Gasteiger partial charge in [0.2, 0.25) is 0 Å². The molecule has 0 fully saturated rings. The molecule has 0 spiro atoms. The van der Waals surface area contributed by atoms with Gasteiger partial charge in [0.25, 0.3) is 0 Å². The fourth-order valence-corrected chi connectivity index (χ4v) is 0.746. The molecule has 0 aliphatic carbocycles. The second-order valence-corrected chi connectivity index (χ2v) is 2.43. The van der Waals surface area contributed by atoms with E-state index >= 15 is 0 Å². The number of unbranched alkanes of at least 4 members (excludes halogenated alkanes) is 1. The maximum absolute atomic E-state index is 11.2. The molecule has 0 aromatic rings. The van der Waals surface area contributed by atoms with Gasteiger partial charge in [-0.05, 0) is 19.3 Å². The van der Waals surface area contributed by atoms with Crippen molar-refractivity contribution in [2.75, 3.05) is 11.9 Å². The lowest BCUT2D eigenvalue weighted by Crippen LogP contribution is -1.93. The fraction of sp³-hybridized carbons (Fsp3) is 0.833. The van der Waals surface area contributed by atoms with Crippen molar-refractivity contribution in [3.8, 4) is 0 Å². The number of nitrogens with zero attached hydrogens (tertiary/aromatic N) is 1. The second kappa shape index (κ2) is 6.74. The van der Waals surface area contributed by atoms with Gasteiger partial charge in [0.05, 0.1) is 0 Å². The zero-order valence-electron chi connectivity index (χ0n) is 10.4. The van der Waals surface area contributed by atoms with Crippen molar-refractivity contribution in [3.05, 3.63) is 0 Å². The van der Waals surface area contributed by atoms with Gasteiger partial charge in [-0.25, -0.2) is 0 Å². The van der Waals surface area contributed by atoms with Crippen LogP contribution in [0.15, 0.2) is 5.16 Å². The van der Waals surface area contributed by atoms with Crippen LogP contribution < -0.4 is 0 Å². The van der Waals surface area contributed by atoms with E-state index in [1.54, 1.807) is 0 Å². The molecule has 0 saturated heterocycles. The van der Waals surface area contributed by atoms with Crippen LogP contribution in [0.2, 0.25) is 0 Å². The second-order valence-electron chi connectivity index (χ2n) is 1.60. The quantitative estimate of drug-likeness (QED) is 0.219. The Labute approximate surface area is 70.6 Å². The van der Waals surface area contributed by atoms with Gasteiger partial charge in [-0.15, -0.1) is 5.16 Å². The Balaban J connectivity index is 4.24. The minimum absolute atomic E-state index is 0.149. The highest BCUT2D eigenvalue weighted by atomic mass is 32.2. The van der Waals surface area contributed by atoms with E-state index in [-0.39, 0.29) is 12.8 Å². The molecule has 0 aliphatic rings. The van der Waals surface area contributed by atoms with E-state index in [0.29, 0.717) is 6.42 Å². The predicted octanol–water partition coefficient (Wildman–Crippen LogP) is 0.995. The number of hydrogen-bond donors (Lipinski definition) is 1. The summed E-state index contributed by atoms with van der Waals surface area (Å²) in [6.45, 7) is 0. The van der Waals surface area contributed by atoms with Crippen LogP contribution in [0.5, 0.6) is 0 Å². The van der Waals surface area contributed by atoms with E-state index in [4.69, 9.17) is 12.1 Å². The van der Waals surface area contributed by atoms with Gasteiger partial charge in [0, 0.05) is 35.8 Å². The van der Waals surface area contributed by atoms with Gasteiger partial charge >= 0.3 is 0 Å². The predicted molar refractivity (Wildman–Crippen MR) is 43.1 cm³/mol. The maximum Gasteiger partial charge on any atom is 0.0435 e.